The molecule has 108 valence electrons. The zero-order valence-electron chi connectivity index (χ0n) is 12.3. The molecule has 1 aliphatic heterocycles. The smallest absolute Gasteiger partial charge is 0.250 e. The van der Waals surface area contributed by atoms with Crippen molar-refractivity contribution in [2.24, 2.45) is 0 Å². The van der Waals surface area contributed by atoms with Gasteiger partial charge in [-0.15, -0.1) is 0 Å². The van der Waals surface area contributed by atoms with E-state index in [1.165, 1.54) is 0 Å². The minimum atomic E-state index is -0.738. The summed E-state index contributed by atoms with van der Waals surface area (Å²) < 4.78 is 0. The van der Waals surface area contributed by atoms with Crippen molar-refractivity contribution in [3.05, 3.63) is 35.9 Å². The molecule has 0 saturated carbocycles. The van der Waals surface area contributed by atoms with Gasteiger partial charge in [-0.1, -0.05) is 44.2 Å². The van der Waals surface area contributed by atoms with E-state index in [1.807, 2.05) is 51.1 Å². The Morgan fingerprint density at radius 3 is 2.40 bits per heavy atom. The molecule has 2 amide bonds. The first-order chi connectivity index (χ1) is 9.54. The molecular weight excluding hydrogens is 252 g/mol. The fourth-order valence-electron chi connectivity index (χ4n) is 2.67. The normalized spacial score (nSPS) is 26.6. The summed E-state index contributed by atoms with van der Waals surface area (Å²) in [5.74, 6) is -0.0797. The second-order valence-corrected chi connectivity index (χ2v) is 5.43. The van der Waals surface area contributed by atoms with E-state index in [9.17, 15) is 9.59 Å². The number of piperazine rings is 1. The second kappa shape index (κ2) is 5.65. The Morgan fingerprint density at radius 2 is 1.85 bits per heavy atom. The molecule has 0 radical (unpaired) electrons. The molecule has 2 rings (SSSR count). The fourth-order valence-corrected chi connectivity index (χ4v) is 2.67. The van der Waals surface area contributed by atoms with Gasteiger partial charge in [0.15, 0.2) is 0 Å². The molecule has 1 aliphatic rings. The highest BCUT2D eigenvalue weighted by molar-refractivity contribution is 6.00. The quantitative estimate of drug-likeness (QED) is 0.915. The van der Waals surface area contributed by atoms with Gasteiger partial charge in [-0.3, -0.25) is 9.59 Å². The van der Waals surface area contributed by atoms with Crippen LogP contribution in [0.1, 0.15) is 45.2 Å². The largest absolute Gasteiger partial charge is 0.338 e. The third kappa shape index (κ3) is 2.30. The van der Waals surface area contributed by atoms with E-state index in [0.29, 0.717) is 13.0 Å². The predicted octanol–water partition coefficient (Wildman–Crippen LogP) is 2.26. The van der Waals surface area contributed by atoms with E-state index < -0.39 is 11.6 Å². The molecule has 1 heterocycles. The fraction of sp³-hybridized carbons (Fsp3) is 0.500. The lowest BCUT2D eigenvalue weighted by Gasteiger charge is -2.46. The summed E-state index contributed by atoms with van der Waals surface area (Å²) in [5, 5.41) is 2.88. The lowest BCUT2D eigenvalue weighted by Crippen LogP contribution is -2.66. The second-order valence-electron chi connectivity index (χ2n) is 5.43. The summed E-state index contributed by atoms with van der Waals surface area (Å²) >= 11 is 0. The van der Waals surface area contributed by atoms with Gasteiger partial charge in [-0.25, -0.2) is 0 Å². The minimum absolute atomic E-state index is 0.0120. The molecule has 4 heteroatoms. The van der Waals surface area contributed by atoms with Gasteiger partial charge >= 0.3 is 0 Å². The Bertz CT molecular complexity index is 500. The van der Waals surface area contributed by atoms with Crippen molar-refractivity contribution in [3.63, 3.8) is 0 Å². The highest BCUT2D eigenvalue weighted by atomic mass is 16.2. The third-order valence-electron chi connectivity index (χ3n) is 4.14. The van der Waals surface area contributed by atoms with E-state index in [4.69, 9.17) is 0 Å². The zero-order valence-corrected chi connectivity index (χ0v) is 12.3. The summed E-state index contributed by atoms with van der Waals surface area (Å²) in [4.78, 5) is 26.9. The van der Waals surface area contributed by atoms with E-state index in [0.717, 1.165) is 12.0 Å². The van der Waals surface area contributed by atoms with Crippen LogP contribution in [0.3, 0.4) is 0 Å². The first-order valence-corrected chi connectivity index (χ1v) is 7.22. The molecule has 1 saturated heterocycles. The van der Waals surface area contributed by atoms with Crippen LogP contribution in [0, 0.1) is 0 Å². The molecule has 1 aromatic rings. The molecule has 2 atom stereocenters. The number of benzene rings is 1. The SMILES string of the molecule is CCCN1C(=O)C(c2ccccc2)NC(=O)C1(C)CC. The lowest BCUT2D eigenvalue weighted by atomic mass is 9.88. The number of hydrogen-bond donors (Lipinski definition) is 1. The number of rotatable bonds is 4. The molecule has 0 bridgehead atoms. The van der Waals surface area contributed by atoms with Gasteiger partial charge in [-0.2, -0.15) is 0 Å². The topological polar surface area (TPSA) is 49.4 Å². The summed E-state index contributed by atoms with van der Waals surface area (Å²) in [6, 6.07) is 8.86. The highest BCUT2D eigenvalue weighted by Crippen LogP contribution is 2.30. The maximum Gasteiger partial charge on any atom is 0.250 e. The van der Waals surface area contributed by atoms with Gasteiger partial charge in [0, 0.05) is 6.54 Å². The molecule has 0 aromatic heterocycles. The molecule has 1 aromatic carbocycles. The van der Waals surface area contributed by atoms with E-state index >= 15 is 0 Å². The van der Waals surface area contributed by atoms with Crippen molar-refractivity contribution in [3.8, 4) is 0 Å². The number of carbonyl (C=O) groups is 2. The summed E-state index contributed by atoms with van der Waals surface area (Å²) in [6.07, 6.45) is 1.46. The Hall–Kier alpha value is -1.84. The van der Waals surface area contributed by atoms with Crippen molar-refractivity contribution in [1.82, 2.24) is 10.2 Å². The summed E-state index contributed by atoms with van der Waals surface area (Å²) in [7, 11) is 0. The van der Waals surface area contributed by atoms with Gasteiger partial charge in [0.2, 0.25) is 5.91 Å². The Morgan fingerprint density at radius 1 is 1.20 bits per heavy atom. The van der Waals surface area contributed by atoms with Crippen LogP contribution < -0.4 is 5.32 Å². The molecule has 20 heavy (non-hydrogen) atoms. The van der Waals surface area contributed by atoms with Crippen LogP contribution in [-0.4, -0.2) is 28.8 Å². The van der Waals surface area contributed by atoms with Crippen molar-refractivity contribution in [2.75, 3.05) is 6.54 Å². The molecule has 1 N–H and O–H groups in total. The molecule has 0 spiro atoms. The minimum Gasteiger partial charge on any atom is -0.338 e. The van der Waals surface area contributed by atoms with Crippen LogP contribution in [0.5, 0.6) is 0 Å². The maximum atomic E-state index is 12.7. The van der Waals surface area contributed by atoms with Gasteiger partial charge in [0.25, 0.3) is 5.91 Å². The Kier molecular flexibility index (Phi) is 4.12. The zero-order chi connectivity index (χ0) is 14.8. The van der Waals surface area contributed by atoms with Crippen LogP contribution in [0.4, 0.5) is 0 Å². The highest BCUT2D eigenvalue weighted by Gasteiger charge is 2.48. The van der Waals surface area contributed by atoms with Crippen molar-refractivity contribution in [1.29, 1.82) is 0 Å². The predicted molar refractivity (Wildman–Crippen MR) is 78.0 cm³/mol. The van der Waals surface area contributed by atoms with Crippen LogP contribution in [0.15, 0.2) is 30.3 Å². The van der Waals surface area contributed by atoms with Crippen LogP contribution in [0.25, 0.3) is 0 Å². The number of nitrogens with zero attached hydrogens (tertiary/aromatic N) is 1. The number of carbonyl (C=O) groups excluding carboxylic acids is 2. The van der Waals surface area contributed by atoms with E-state index in [2.05, 4.69) is 5.32 Å². The van der Waals surface area contributed by atoms with Gasteiger partial charge in [-0.05, 0) is 25.3 Å². The molecule has 0 aliphatic carbocycles. The van der Waals surface area contributed by atoms with Gasteiger partial charge < -0.3 is 10.2 Å². The Labute approximate surface area is 120 Å². The van der Waals surface area contributed by atoms with Crippen molar-refractivity contribution < 1.29 is 9.59 Å². The monoisotopic (exact) mass is 274 g/mol. The summed E-state index contributed by atoms with van der Waals surface area (Å²) in [5.41, 5.74) is 0.100. The number of nitrogens with one attached hydrogen (secondary N) is 1. The van der Waals surface area contributed by atoms with Crippen molar-refractivity contribution in [2.45, 2.75) is 45.2 Å². The van der Waals surface area contributed by atoms with E-state index in [1.54, 1.807) is 4.90 Å². The van der Waals surface area contributed by atoms with Crippen molar-refractivity contribution >= 4 is 11.8 Å². The average molecular weight is 274 g/mol. The molecule has 4 nitrogen and oxygen atoms in total. The lowest BCUT2D eigenvalue weighted by molar-refractivity contribution is -0.157. The Balaban J connectivity index is 2.37. The van der Waals surface area contributed by atoms with Crippen LogP contribution in [-0.2, 0) is 9.59 Å². The molecule has 2 unspecified atom stereocenters. The standard InChI is InChI=1S/C16H22N2O2/c1-4-11-18-14(19)13(12-9-7-6-8-10-12)17-15(20)16(18,3)5-2/h6-10,13H,4-5,11H2,1-3H3,(H,17,20). The molecule has 1 fully saturated rings. The van der Waals surface area contributed by atoms with Gasteiger partial charge in [0.1, 0.15) is 11.6 Å². The third-order valence-corrected chi connectivity index (χ3v) is 4.14. The number of amides is 2. The molecular formula is C16H22N2O2. The first-order valence-electron chi connectivity index (χ1n) is 7.22. The summed E-state index contributed by atoms with van der Waals surface area (Å²) in [6.45, 7) is 6.42. The average Bonchev–Trinajstić information content (AvgIpc) is 2.48. The van der Waals surface area contributed by atoms with E-state index in [-0.39, 0.29) is 11.8 Å². The van der Waals surface area contributed by atoms with Crippen LogP contribution >= 0.6 is 0 Å². The number of hydrogen-bond acceptors (Lipinski definition) is 2. The maximum absolute atomic E-state index is 12.7. The van der Waals surface area contributed by atoms with Crippen LogP contribution in [0.2, 0.25) is 0 Å². The first kappa shape index (κ1) is 14.6. The van der Waals surface area contributed by atoms with Gasteiger partial charge in [0.05, 0.1) is 0 Å².